The second-order valence-corrected chi connectivity index (χ2v) is 5.98. The highest BCUT2D eigenvalue weighted by Gasteiger charge is 2.34. The number of non-ortho nitro benzene ring substituents is 1. The summed E-state index contributed by atoms with van der Waals surface area (Å²) in [4.78, 5) is 14.4. The predicted molar refractivity (Wildman–Crippen MR) is 106 cm³/mol. The van der Waals surface area contributed by atoms with Crippen LogP contribution in [0.15, 0.2) is 29.3 Å². The van der Waals surface area contributed by atoms with Gasteiger partial charge in [0.1, 0.15) is 0 Å². The summed E-state index contributed by atoms with van der Waals surface area (Å²) in [7, 11) is 1.69. The van der Waals surface area contributed by atoms with Crippen LogP contribution in [-0.2, 0) is 11.3 Å². The minimum atomic E-state index is -0.415. The Morgan fingerprint density at radius 2 is 2.12 bits per heavy atom. The fraction of sp³-hybridized carbons (Fsp3) is 0.562. The van der Waals surface area contributed by atoms with Gasteiger partial charge in [-0.25, -0.2) is 0 Å². The van der Waals surface area contributed by atoms with Gasteiger partial charge >= 0.3 is 0 Å². The molecule has 0 radical (unpaired) electrons. The fourth-order valence-electron chi connectivity index (χ4n) is 2.72. The molecule has 0 saturated carbocycles. The van der Waals surface area contributed by atoms with Gasteiger partial charge in [0.15, 0.2) is 5.96 Å². The minimum Gasteiger partial charge on any atom is -0.396 e. The first kappa shape index (κ1) is 21.6. The summed E-state index contributed by atoms with van der Waals surface area (Å²) in [5, 5.41) is 26.4. The highest BCUT2D eigenvalue weighted by Crippen LogP contribution is 2.31. The van der Waals surface area contributed by atoms with Gasteiger partial charge in [-0.3, -0.25) is 15.1 Å². The number of hydrogen-bond acceptors (Lipinski definition) is 5. The molecule has 3 N–H and O–H groups in total. The zero-order valence-electron chi connectivity index (χ0n) is 14.2. The Labute approximate surface area is 164 Å². The molecule has 2 rings (SSSR count). The highest BCUT2D eigenvalue weighted by molar-refractivity contribution is 14.0. The van der Waals surface area contributed by atoms with Crippen LogP contribution in [0.4, 0.5) is 5.69 Å². The van der Waals surface area contributed by atoms with Gasteiger partial charge in [-0.1, -0.05) is 12.1 Å². The number of hydrogen-bond donors (Lipinski definition) is 3. The number of nitro benzene ring substituents is 1. The van der Waals surface area contributed by atoms with Crippen molar-refractivity contribution in [1.29, 1.82) is 0 Å². The number of rotatable bonds is 7. The van der Waals surface area contributed by atoms with E-state index in [2.05, 4.69) is 15.6 Å². The molecule has 0 amide bonds. The number of ether oxygens (including phenoxy) is 1. The molecular formula is C16H25IN4O4. The zero-order valence-corrected chi connectivity index (χ0v) is 16.6. The number of aliphatic hydroxyl groups excluding tert-OH is 1. The maximum absolute atomic E-state index is 10.7. The van der Waals surface area contributed by atoms with E-state index in [-0.39, 0.29) is 41.7 Å². The van der Waals surface area contributed by atoms with Gasteiger partial charge in [0, 0.05) is 50.9 Å². The molecular weight excluding hydrogens is 439 g/mol. The van der Waals surface area contributed by atoms with Crippen LogP contribution in [0.2, 0.25) is 0 Å². The standard InChI is InChI=1S/C16H24N4O4.HI/c1-17-15(19-11-16(6-8-21)7-9-24-12-16)18-10-13-2-4-14(5-3-13)20(22)23;/h2-5,21H,6-12H2,1H3,(H2,17,18,19);1H. The van der Waals surface area contributed by atoms with Crippen LogP contribution in [0.5, 0.6) is 0 Å². The average Bonchev–Trinajstić information content (AvgIpc) is 3.04. The van der Waals surface area contributed by atoms with Crippen molar-refractivity contribution in [2.45, 2.75) is 19.4 Å². The van der Waals surface area contributed by atoms with Crippen molar-refractivity contribution in [3.8, 4) is 0 Å². The second-order valence-electron chi connectivity index (χ2n) is 5.98. The van der Waals surface area contributed by atoms with Crippen LogP contribution >= 0.6 is 24.0 Å². The summed E-state index contributed by atoms with van der Waals surface area (Å²) >= 11 is 0. The number of nitrogens with zero attached hydrogens (tertiary/aromatic N) is 2. The molecule has 0 aromatic heterocycles. The van der Waals surface area contributed by atoms with Crippen LogP contribution in [0, 0.1) is 15.5 Å². The van der Waals surface area contributed by atoms with Gasteiger partial charge in [-0.05, 0) is 18.4 Å². The fourth-order valence-corrected chi connectivity index (χ4v) is 2.72. The van der Waals surface area contributed by atoms with Crippen molar-refractivity contribution < 1.29 is 14.8 Å². The van der Waals surface area contributed by atoms with Crippen LogP contribution in [-0.4, -0.2) is 49.4 Å². The highest BCUT2D eigenvalue weighted by atomic mass is 127. The van der Waals surface area contributed by atoms with E-state index in [0.717, 1.165) is 18.6 Å². The third-order valence-electron chi connectivity index (χ3n) is 4.29. The van der Waals surface area contributed by atoms with E-state index in [1.54, 1.807) is 19.2 Å². The number of halogens is 1. The molecule has 1 atom stereocenters. The van der Waals surface area contributed by atoms with E-state index in [1.807, 2.05) is 0 Å². The topological polar surface area (TPSA) is 109 Å². The molecule has 8 nitrogen and oxygen atoms in total. The van der Waals surface area contributed by atoms with E-state index in [1.165, 1.54) is 12.1 Å². The van der Waals surface area contributed by atoms with Gasteiger partial charge in [0.05, 0.1) is 11.5 Å². The van der Waals surface area contributed by atoms with Gasteiger partial charge < -0.3 is 20.5 Å². The van der Waals surface area contributed by atoms with Crippen LogP contribution < -0.4 is 10.6 Å². The Bertz CT molecular complexity index is 574. The first-order valence-electron chi connectivity index (χ1n) is 7.95. The van der Waals surface area contributed by atoms with E-state index < -0.39 is 4.92 Å². The number of aliphatic imine (C=N–C) groups is 1. The molecule has 1 aromatic rings. The number of nitrogens with one attached hydrogen (secondary N) is 2. The SMILES string of the molecule is CN=C(NCc1ccc([N+](=O)[O-])cc1)NCC1(CCO)CCOC1.I. The summed E-state index contributed by atoms with van der Waals surface area (Å²) in [6.45, 7) is 2.69. The molecule has 1 fully saturated rings. The maximum Gasteiger partial charge on any atom is 0.269 e. The normalized spacial score (nSPS) is 20.0. The number of nitro groups is 1. The molecule has 1 heterocycles. The first-order valence-corrected chi connectivity index (χ1v) is 7.95. The molecule has 1 unspecified atom stereocenters. The van der Waals surface area contributed by atoms with E-state index in [9.17, 15) is 15.2 Å². The maximum atomic E-state index is 10.7. The van der Waals surface area contributed by atoms with Crippen molar-refractivity contribution in [1.82, 2.24) is 10.6 Å². The molecule has 9 heteroatoms. The molecule has 140 valence electrons. The number of guanidine groups is 1. The molecule has 0 aliphatic carbocycles. The zero-order chi connectivity index (χ0) is 17.4. The van der Waals surface area contributed by atoms with Gasteiger partial charge in [0.25, 0.3) is 5.69 Å². The third kappa shape index (κ3) is 6.40. The Morgan fingerprint density at radius 1 is 1.40 bits per heavy atom. The largest absolute Gasteiger partial charge is 0.396 e. The van der Waals surface area contributed by atoms with Crippen molar-refractivity contribution in [3.63, 3.8) is 0 Å². The van der Waals surface area contributed by atoms with Crippen molar-refractivity contribution >= 4 is 35.6 Å². The summed E-state index contributed by atoms with van der Waals surface area (Å²) in [5.74, 6) is 0.651. The summed E-state index contributed by atoms with van der Waals surface area (Å²) in [6.07, 6.45) is 1.61. The predicted octanol–water partition coefficient (Wildman–Crippen LogP) is 1.67. The second kappa shape index (κ2) is 10.5. The van der Waals surface area contributed by atoms with Crippen LogP contribution in [0.3, 0.4) is 0 Å². The number of aliphatic hydroxyl groups is 1. The van der Waals surface area contributed by atoms with E-state index in [0.29, 0.717) is 32.1 Å². The van der Waals surface area contributed by atoms with E-state index in [4.69, 9.17) is 4.74 Å². The summed E-state index contributed by atoms with van der Waals surface area (Å²) < 4.78 is 5.47. The summed E-state index contributed by atoms with van der Waals surface area (Å²) in [5.41, 5.74) is 0.950. The smallest absolute Gasteiger partial charge is 0.269 e. The lowest BCUT2D eigenvalue weighted by Gasteiger charge is -2.27. The van der Waals surface area contributed by atoms with Gasteiger partial charge in [0.2, 0.25) is 0 Å². The van der Waals surface area contributed by atoms with Crippen molar-refractivity contribution in [2.75, 3.05) is 33.4 Å². The van der Waals surface area contributed by atoms with Gasteiger partial charge in [-0.15, -0.1) is 24.0 Å². The molecule has 25 heavy (non-hydrogen) atoms. The minimum absolute atomic E-state index is 0. The quantitative estimate of drug-likeness (QED) is 0.186. The lowest BCUT2D eigenvalue weighted by Crippen LogP contribution is -2.44. The van der Waals surface area contributed by atoms with E-state index >= 15 is 0 Å². The Morgan fingerprint density at radius 3 is 2.64 bits per heavy atom. The molecule has 0 spiro atoms. The Hall–Kier alpha value is -1.46. The van der Waals surface area contributed by atoms with Crippen LogP contribution in [0.1, 0.15) is 18.4 Å². The third-order valence-corrected chi connectivity index (χ3v) is 4.29. The molecule has 1 aromatic carbocycles. The molecule has 0 bridgehead atoms. The lowest BCUT2D eigenvalue weighted by atomic mass is 9.84. The average molecular weight is 464 g/mol. The monoisotopic (exact) mass is 464 g/mol. The molecule has 1 aliphatic heterocycles. The Balaban J connectivity index is 0.00000312. The van der Waals surface area contributed by atoms with Crippen molar-refractivity contribution in [2.24, 2.45) is 10.4 Å². The van der Waals surface area contributed by atoms with Crippen LogP contribution in [0.25, 0.3) is 0 Å². The summed E-state index contributed by atoms with van der Waals surface area (Å²) in [6, 6.07) is 6.41. The lowest BCUT2D eigenvalue weighted by molar-refractivity contribution is -0.384. The van der Waals surface area contributed by atoms with Gasteiger partial charge in [-0.2, -0.15) is 0 Å². The van der Waals surface area contributed by atoms with Crippen molar-refractivity contribution in [3.05, 3.63) is 39.9 Å². The first-order chi connectivity index (χ1) is 11.6. The molecule has 1 saturated heterocycles. The molecule has 1 aliphatic rings. The number of benzene rings is 1. The Kier molecular flexibility index (Phi) is 9.08.